The Morgan fingerprint density at radius 3 is 2.82 bits per heavy atom. The zero-order chi connectivity index (χ0) is 8.69. The van der Waals surface area contributed by atoms with E-state index in [-0.39, 0.29) is 5.92 Å². The molecule has 0 saturated carbocycles. The van der Waals surface area contributed by atoms with Crippen molar-refractivity contribution in [2.24, 2.45) is 5.92 Å². The molecule has 4 heteroatoms. The zero-order valence-corrected chi connectivity index (χ0v) is 8.49. The van der Waals surface area contributed by atoms with Gasteiger partial charge in [0.2, 0.25) is 0 Å². The lowest BCUT2D eigenvalue weighted by atomic mass is 10.2. The molecule has 2 nitrogen and oxygen atoms in total. The predicted octanol–water partition coefficient (Wildman–Crippen LogP) is 1.55. The molecule has 0 rings (SSSR count). The number of terminal acetylenes is 1. The highest BCUT2D eigenvalue weighted by Crippen LogP contribution is 2.26. The van der Waals surface area contributed by atoms with Crippen molar-refractivity contribution in [2.45, 2.75) is 0 Å². The van der Waals surface area contributed by atoms with Gasteiger partial charge in [-0.25, -0.2) is 0 Å². The number of rotatable bonds is 5. The maximum Gasteiger partial charge on any atom is 0.164 e. The minimum atomic E-state index is -1.25. The Morgan fingerprint density at radius 1 is 1.82 bits per heavy atom. The molecule has 2 atom stereocenters. The highest BCUT2D eigenvalue weighted by molar-refractivity contribution is 7.98. The zero-order valence-electron chi connectivity index (χ0n) is 6.78. The SMILES string of the molecule is C#CC(COP(C)O)CSC. The Hall–Kier alpha value is 0.260. The van der Waals surface area contributed by atoms with Crippen LogP contribution in [0, 0.1) is 18.3 Å². The summed E-state index contributed by atoms with van der Waals surface area (Å²) in [6.45, 7) is 2.11. The molecule has 0 aliphatic rings. The molecule has 0 aromatic heterocycles. The topological polar surface area (TPSA) is 29.5 Å². The van der Waals surface area contributed by atoms with Crippen LogP contribution in [0.15, 0.2) is 0 Å². The summed E-state index contributed by atoms with van der Waals surface area (Å²) < 4.78 is 5.01. The summed E-state index contributed by atoms with van der Waals surface area (Å²) in [6.07, 6.45) is 7.23. The molecule has 0 aliphatic heterocycles. The van der Waals surface area contributed by atoms with Gasteiger partial charge in [0, 0.05) is 12.4 Å². The standard InChI is InChI=1S/C7H13O2PS/c1-4-7(6-11-3)5-9-10(2)8/h1,7-8H,5-6H2,2-3H3. The van der Waals surface area contributed by atoms with Gasteiger partial charge in [-0.1, -0.05) is 0 Å². The van der Waals surface area contributed by atoms with E-state index in [1.807, 2.05) is 6.26 Å². The molecule has 0 heterocycles. The van der Waals surface area contributed by atoms with E-state index in [0.717, 1.165) is 5.75 Å². The van der Waals surface area contributed by atoms with E-state index in [0.29, 0.717) is 6.61 Å². The van der Waals surface area contributed by atoms with Gasteiger partial charge in [0.05, 0.1) is 12.5 Å². The van der Waals surface area contributed by atoms with E-state index < -0.39 is 8.38 Å². The van der Waals surface area contributed by atoms with Gasteiger partial charge in [0.25, 0.3) is 0 Å². The van der Waals surface area contributed by atoms with E-state index in [9.17, 15) is 0 Å². The van der Waals surface area contributed by atoms with E-state index >= 15 is 0 Å². The average molecular weight is 192 g/mol. The minimum absolute atomic E-state index is 0.127. The second-order valence-corrected chi connectivity index (χ2v) is 4.18. The second-order valence-electron chi connectivity index (χ2n) is 2.08. The predicted molar refractivity (Wildman–Crippen MR) is 51.7 cm³/mol. The van der Waals surface area contributed by atoms with Crippen LogP contribution in [0.4, 0.5) is 0 Å². The van der Waals surface area contributed by atoms with E-state index in [1.165, 1.54) is 0 Å². The molecule has 0 aliphatic carbocycles. The third kappa shape index (κ3) is 6.65. The van der Waals surface area contributed by atoms with E-state index in [4.69, 9.17) is 15.8 Å². The third-order valence-electron chi connectivity index (χ3n) is 1.07. The molecule has 0 aromatic rings. The first-order chi connectivity index (χ1) is 5.20. The van der Waals surface area contributed by atoms with Crippen molar-refractivity contribution in [1.29, 1.82) is 0 Å². The van der Waals surface area contributed by atoms with Crippen molar-refractivity contribution in [3.63, 3.8) is 0 Å². The summed E-state index contributed by atoms with van der Waals surface area (Å²) >= 11 is 1.69. The normalized spacial score (nSPS) is 15.5. The van der Waals surface area contributed by atoms with Crippen LogP contribution < -0.4 is 0 Å². The van der Waals surface area contributed by atoms with Crippen molar-refractivity contribution in [3.8, 4) is 12.3 Å². The molecule has 0 fully saturated rings. The Bertz CT molecular complexity index is 133. The quantitative estimate of drug-likeness (QED) is 0.529. The molecular weight excluding hydrogens is 179 g/mol. The van der Waals surface area contributed by atoms with Crippen LogP contribution in [0.5, 0.6) is 0 Å². The Balaban J connectivity index is 3.46. The Kier molecular flexibility index (Phi) is 7.10. The summed E-state index contributed by atoms with van der Waals surface area (Å²) in [5.41, 5.74) is 0. The first-order valence-corrected chi connectivity index (χ1v) is 6.26. The number of thioether (sulfide) groups is 1. The van der Waals surface area contributed by atoms with Crippen LogP contribution in [0.1, 0.15) is 0 Å². The van der Waals surface area contributed by atoms with Gasteiger partial charge < -0.3 is 9.42 Å². The average Bonchev–Trinajstić information content (AvgIpc) is 1.97. The van der Waals surface area contributed by atoms with Gasteiger partial charge in [-0.2, -0.15) is 11.8 Å². The summed E-state index contributed by atoms with van der Waals surface area (Å²) in [5.74, 6) is 3.63. The van der Waals surface area contributed by atoms with Crippen molar-refractivity contribution >= 4 is 20.1 Å². The molecule has 0 amide bonds. The molecule has 0 aromatic carbocycles. The smallest absolute Gasteiger partial charge is 0.164 e. The lowest BCUT2D eigenvalue weighted by molar-refractivity contribution is 0.289. The lowest BCUT2D eigenvalue weighted by Crippen LogP contribution is -2.07. The van der Waals surface area contributed by atoms with Crippen molar-refractivity contribution in [3.05, 3.63) is 0 Å². The maximum atomic E-state index is 8.83. The van der Waals surface area contributed by atoms with E-state index in [1.54, 1.807) is 18.4 Å². The van der Waals surface area contributed by atoms with Crippen molar-refractivity contribution < 1.29 is 9.42 Å². The van der Waals surface area contributed by atoms with Crippen LogP contribution in [0.2, 0.25) is 0 Å². The molecule has 0 saturated heterocycles. The second kappa shape index (κ2) is 6.94. The molecule has 0 radical (unpaired) electrons. The van der Waals surface area contributed by atoms with Gasteiger partial charge in [-0.05, 0) is 6.26 Å². The Morgan fingerprint density at radius 2 is 2.45 bits per heavy atom. The molecule has 1 N–H and O–H groups in total. The first-order valence-electron chi connectivity index (χ1n) is 3.21. The molecule has 64 valence electrons. The van der Waals surface area contributed by atoms with Crippen LogP contribution in [0.3, 0.4) is 0 Å². The van der Waals surface area contributed by atoms with Crippen LogP contribution in [-0.4, -0.2) is 30.2 Å². The van der Waals surface area contributed by atoms with E-state index in [2.05, 4.69) is 5.92 Å². The third-order valence-corrected chi connectivity index (χ3v) is 2.32. The minimum Gasteiger partial charge on any atom is -0.350 e. The monoisotopic (exact) mass is 192 g/mol. The lowest BCUT2D eigenvalue weighted by Gasteiger charge is -2.10. The highest BCUT2D eigenvalue weighted by atomic mass is 32.2. The van der Waals surface area contributed by atoms with Gasteiger partial charge >= 0.3 is 0 Å². The molecular formula is C7H13O2PS. The fraction of sp³-hybridized carbons (Fsp3) is 0.714. The van der Waals surface area contributed by atoms with Crippen LogP contribution in [-0.2, 0) is 4.52 Å². The summed E-state index contributed by atoms with van der Waals surface area (Å²) in [6, 6.07) is 0. The first kappa shape index (κ1) is 11.3. The summed E-state index contributed by atoms with van der Waals surface area (Å²) in [4.78, 5) is 8.83. The maximum absolute atomic E-state index is 8.83. The number of hydrogen-bond acceptors (Lipinski definition) is 3. The largest absolute Gasteiger partial charge is 0.350 e. The molecule has 11 heavy (non-hydrogen) atoms. The van der Waals surface area contributed by atoms with Gasteiger partial charge in [-0.3, -0.25) is 0 Å². The summed E-state index contributed by atoms with van der Waals surface area (Å²) in [7, 11) is -1.25. The number of hydrogen-bond donors (Lipinski definition) is 1. The van der Waals surface area contributed by atoms with Crippen molar-refractivity contribution in [1.82, 2.24) is 0 Å². The molecule has 2 unspecified atom stereocenters. The molecule has 0 bridgehead atoms. The van der Waals surface area contributed by atoms with Crippen LogP contribution in [0.25, 0.3) is 0 Å². The Labute approximate surface area is 73.6 Å². The van der Waals surface area contributed by atoms with Crippen molar-refractivity contribution in [2.75, 3.05) is 25.3 Å². The highest BCUT2D eigenvalue weighted by Gasteiger charge is 2.05. The van der Waals surface area contributed by atoms with Gasteiger partial charge in [0.15, 0.2) is 8.38 Å². The fourth-order valence-electron chi connectivity index (χ4n) is 0.543. The summed E-state index contributed by atoms with van der Waals surface area (Å²) in [5, 5.41) is 0. The molecule has 0 spiro atoms. The van der Waals surface area contributed by atoms with Gasteiger partial charge in [0.1, 0.15) is 0 Å². The fourth-order valence-corrected chi connectivity index (χ4v) is 1.53. The van der Waals surface area contributed by atoms with Gasteiger partial charge in [-0.15, -0.1) is 12.3 Å². The van der Waals surface area contributed by atoms with Crippen LogP contribution >= 0.6 is 20.1 Å².